The molecule has 0 heterocycles. The molecule has 2 rings (SSSR count). The van der Waals surface area contributed by atoms with E-state index >= 15 is 0 Å². The number of anilines is 1. The van der Waals surface area contributed by atoms with Gasteiger partial charge >= 0.3 is 0 Å². The van der Waals surface area contributed by atoms with Crippen LogP contribution in [-0.2, 0) is 0 Å². The van der Waals surface area contributed by atoms with Crippen LogP contribution < -0.4 is 15.3 Å². The monoisotopic (exact) mass is 297 g/mol. The predicted molar refractivity (Wildman–Crippen MR) is 97.9 cm³/mol. The molecule has 0 radical (unpaired) electrons. The van der Waals surface area contributed by atoms with E-state index in [0.717, 1.165) is 13.1 Å². The van der Waals surface area contributed by atoms with Gasteiger partial charge < -0.3 is 4.90 Å². The third-order valence-corrected chi connectivity index (χ3v) is 7.95. The molecule has 0 N–H and O–H groups in total. The lowest BCUT2D eigenvalue weighted by molar-refractivity contribution is 0.868. The van der Waals surface area contributed by atoms with Crippen LogP contribution in [0.1, 0.15) is 19.4 Å². The average Bonchev–Trinajstić information content (AvgIpc) is 2.50. The van der Waals surface area contributed by atoms with E-state index in [4.69, 9.17) is 0 Å². The molecule has 0 aliphatic heterocycles. The molecule has 0 unspecified atom stereocenters. The molecule has 2 aromatic rings. The van der Waals surface area contributed by atoms with Crippen LogP contribution in [0.3, 0.4) is 0 Å². The first-order valence-electron chi connectivity index (χ1n) is 7.92. The van der Waals surface area contributed by atoms with Crippen LogP contribution in [0.25, 0.3) is 0 Å². The van der Waals surface area contributed by atoms with E-state index in [2.05, 4.69) is 87.3 Å². The molecule has 0 amide bonds. The summed E-state index contributed by atoms with van der Waals surface area (Å²) in [5.41, 5.74) is 2.78. The molecule has 0 spiro atoms. The standard InChI is InChI=1S/C19H27NSi/c1-6-20(7-2)18-14-13-16(3)15-19(18)21(4,5)17-11-9-8-10-12-17/h8-15H,6-7H2,1-5H3. The first-order chi connectivity index (χ1) is 10.0. The number of nitrogens with zero attached hydrogens (tertiary/aromatic N) is 1. The van der Waals surface area contributed by atoms with E-state index in [1.165, 1.54) is 16.4 Å². The van der Waals surface area contributed by atoms with Crippen molar-refractivity contribution in [3.63, 3.8) is 0 Å². The highest BCUT2D eigenvalue weighted by Gasteiger charge is 2.29. The minimum Gasteiger partial charge on any atom is -0.372 e. The quantitative estimate of drug-likeness (QED) is 0.761. The zero-order valence-corrected chi connectivity index (χ0v) is 15.0. The summed E-state index contributed by atoms with van der Waals surface area (Å²) in [6.07, 6.45) is 0. The number of hydrogen-bond acceptors (Lipinski definition) is 1. The maximum absolute atomic E-state index is 2.48. The Morgan fingerprint density at radius 2 is 1.52 bits per heavy atom. The lowest BCUT2D eigenvalue weighted by Crippen LogP contribution is -2.54. The Morgan fingerprint density at radius 3 is 2.10 bits per heavy atom. The van der Waals surface area contributed by atoms with Crippen molar-refractivity contribution in [2.24, 2.45) is 0 Å². The van der Waals surface area contributed by atoms with Crippen molar-refractivity contribution in [2.45, 2.75) is 33.9 Å². The first kappa shape index (κ1) is 15.8. The summed E-state index contributed by atoms with van der Waals surface area (Å²) in [5, 5.41) is 3.06. The van der Waals surface area contributed by atoms with Crippen LogP contribution >= 0.6 is 0 Å². The van der Waals surface area contributed by atoms with Gasteiger partial charge in [-0.1, -0.05) is 66.3 Å². The van der Waals surface area contributed by atoms with Gasteiger partial charge in [-0.15, -0.1) is 0 Å². The number of aryl methyl sites for hydroxylation is 1. The molecular formula is C19H27NSi. The molecule has 0 aliphatic carbocycles. The fourth-order valence-electron chi connectivity index (χ4n) is 3.00. The van der Waals surface area contributed by atoms with Gasteiger partial charge in [-0.05, 0) is 32.0 Å². The molecule has 21 heavy (non-hydrogen) atoms. The molecule has 0 atom stereocenters. The van der Waals surface area contributed by atoms with Crippen molar-refractivity contribution in [3.05, 3.63) is 54.1 Å². The number of hydrogen-bond donors (Lipinski definition) is 0. The Kier molecular flexibility index (Phi) is 4.89. The molecule has 0 aromatic heterocycles. The topological polar surface area (TPSA) is 3.24 Å². The summed E-state index contributed by atoms with van der Waals surface area (Å²) in [6, 6.07) is 18.0. The van der Waals surface area contributed by atoms with Gasteiger partial charge in [0.05, 0.1) is 0 Å². The van der Waals surface area contributed by atoms with Gasteiger partial charge in [0.15, 0.2) is 0 Å². The zero-order valence-electron chi connectivity index (χ0n) is 14.0. The van der Waals surface area contributed by atoms with Crippen LogP contribution in [0, 0.1) is 6.92 Å². The molecule has 0 fully saturated rings. The van der Waals surface area contributed by atoms with Gasteiger partial charge in [-0.25, -0.2) is 0 Å². The van der Waals surface area contributed by atoms with Gasteiger partial charge in [0, 0.05) is 18.8 Å². The van der Waals surface area contributed by atoms with Crippen LogP contribution in [0.5, 0.6) is 0 Å². The Bertz CT molecular complexity index is 586. The predicted octanol–water partition coefficient (Wildman–Crippen LogP) is 3.66. The average molecular weight is 298 g/mol. The van der Waals surface area contributed by atoms with Crippen LogP contribution in [-0.4, -0.2) is 21.2 Å². The molecule has 2 heteroatoms. The zero-order chi connectivity index (χ0) is 15.5. The van der Waals surface area contributed by atoms with E-state index in [1.54, 1.807) is 5.19 Å². The minimum absolute atomic E-state index is 1.06. The van der Waals surface area contributed by atoms with Crippen molar-refractivity contribution in [1.29, 1.82) is 0 Å². The fourth-order valence-corrected chi connectivity index (χ4v) is 5.81. The highest BCUT2D eigenvalue weighted by molar-refractivity contribution is 7.01. The van der Waals surface area contributed by atoms with Crippen molar-refractivity contribution in [3.8, 4) is 0 Å². The molecule has 2 aromatic carbocycles. The van der Waals surface area contributed by atoms with Gasteiger partial charge in [0.1, 0.15) is 8.07 Å². The lowest BCUT2D eigenvalue weighted by atomic mass is 10.2. The minimum atomic E-state index is -1.67. The van der Waals surface area contributed by atoms with Gasteiger partial charge in [-0.2, -0.15) is 0 Å². The van der Waals surface area contributed by atoms with Gasteiger partial charge in [0.2, 0.25) is 0 Å². The van der Waals surface area contributed by atoms with Crippen molar-refractivity contribution in [1.82, 2.24) is 0 Å². The summed E-state index contributed by atoms with van der Waals surface area (Å²) in [5.74, 6) is 0. The molecule has 0 bridgehead atoms. The Labute approximate surface area is 130 Å². The summed E-state index contributed by atoms with van der Waals surface area (Å²) in [7, 11) is -1.67. The summed E-state index contributed by atoms with van der Waals surface area (Å²) >= 11 is 0. The van der Waals surface area contributed by atoms with E-state index in [9.17, 15) is 0 Å². The second-order valence-corrected chi connectivity index (χ2v) is 10.5. The smallest absolute Gasteiger partial charge is 0.114 e. The van der Waals surface area contributed by atoms with E-state index < -0.39 is 8.07 Å². The van der Waals surface area contributed by atoms with Crippen molar-refractivity contribution in [2.75, 3.05) is 18.0 Å². The third-order valence-electron chi connectivity index (χ3n) is 4.43. The molecule has 1 nitrogen and oxygen atoms in total. The van der Waals surface area contributed by atoms with Crippen molar-refractivity contribution >= 4 is 24.1 Å². The normalized spacial score (nSPS) is 11.5. The lowest BCUT2D eigenvalue weighted by Gasteiger charge is -2.32. The van der Waals surface area contributed by atoms with E-state index in [1.807, 2.05) is 0 Å². The Morgan fingerprint density at radius 1 is 0.905 bits per heavy atom. The summed E-state index contributed by atoms with van der Waals surface area (Å²) in [6.45, 7) is 13.7. The molecule has 0 saturated heterocycles. The van der Waals surface area contributed by atoms with Crippen LogP contribution in [0.15, 0.2) is 48.5 Å². The number of benzene rings is 2. The third kappa shape index (κ3) is 3.21. The largest absolute Gasteiger partial charge is 0.372 e. The van der Waals surface area contributed by atoms with E-state index in [-0.39, 0.29) is 0 Å². The van der Waals surface area contributed by atoms with Gasteiger partial charge in [-0.3, -0.25) is 0 Å². The summed E-state index contributed by atoms with van der Waals surface area (Å²) < 4.78 is 0. The maximum atomic E-state index is 2.48. The molecular weight excluding hydrogens is 270 g/mol. The van der Waals surface area contributed by atoms with Crippen LogP contribution in [0.2, 0.25) is 13.1 Å². The fraction of sp³-hybridized carbons (Fsp3) is 0.368. The van der Waals surface area contributed by atoms with Gasteiger partial charge in [0.25, 0.3) is 0 Å². The summed E-state index contributed by atoms with van der Waals surface area (Å²) in [4.78, 5) is 2.48. The van der Waals surface area contributed by atoms with Crippen LogP contribution in [0.4, 0.5) is 5.69 Å². The Balaban J connectivity index is 2.59. The number of rotatable bonds is 5. The molecule has 112 valence electrons. The molecule has 0 aliphatic rings. The molecule has 0 saturated carbocycles. The maximum Gasteiger partial charge on any atom is 0.114 e. The second kappa shape index (κ2) is 6.48. The second-order valence-electron chi connectivity index (χ2n) is 6.18. The highest BCUT2D eigenvalue weighted by Crippen LogP contribution is 2.18. The van der Waals surface area contributed by atoms with E-state index in [0.29, 0.717) is 0 Å². The SMILES string of the molecule is CCN(CC)c1ccc(C)cc1[Si](C)(C)c1ccccc1. The highest BCUT2D eigenvalue weighted by atomic mass is 28.3. The Hall–Kier alpha value is -1.54. The van der Waals surface area contributed by atoms with Crippen molar-refractivity contribution < 1.29 is 0 Å². The first-order valence-corrected chi connectivity index (χ1v) is 10.9.